The molecule has 1 aromatic carbocycles. The number of amides is 4. The Morgan fingerprint density at radius 2 is 1.71 bits per heavy atom. The number of hydrogen-bond acceptors (Lipinski definition) is 4. The molecule has 2 heterocycles. The second kappa shape index (κ2) is 7.25. The van der Waals surface area contributed by atoms with E-state index in [1.807, 2.05) is 5.32 Å². The van der Waals surface area contributed by atoms with Gasteiger partial charge in [-0.15, -0.1) is 0 Å². The molecule has 0 aliphatic carbocycles. The Morgan fingerprint density at radius 1 is 1.07 bits per heavy atom. The number of rotatable bonds is 2. The molecule has 0 atom stereocenters. The number of pyridine rings is 1. The number of carbonyl (C=O) groups is 3. The third kappa shape index (κ3) is 3.85. The van der Waals surface area contributed by atoms with Gasteiger partial charge < -0.3 is 0 Å². The Morgan fingerprint density at radius 3 is 2.29 bits per heavy atom. The normalized spacial score (nSPS) is 16.5. The van der Waals surface area contributed by atoms with Gasteiger partial charge in [-0.2, -0.15) is 13.2 Å². The molecule has 28 heavy (non-hydrogen) atoms. The summed E-state index contributed by atoms with van der Waals surface area (Å²) in [4.78, 5) is 41.0. The highest BCUT2D eigenvalue weighted by Crippen LogP contribution is 2.32. The number of benzene rings is 1. The highest BCUT2D eigenvalue weighted by molar-refractivity contribution is 6.40. The fourth-order valence-electron chi connectivity index (χ4n) is 2.33. The number of carbonyl (C=O) groups excluding carboxylic acids is 3. The van der Waals surface area contributed by atoms with Gasteiger partial charge in [0.25, 0.3) is 11.8 Å². The molecule has 1 aliphatic rings. The Labute approximate surface area is 165 Å². The molecule has 1 saturated heterocycles. The maximum atomic E-state index is 12.7. The number of barbiturate groups is 1. The lowest BCUT2D eigenvalue weighted by Gasteiger charge is -2.26. The maximum absolute atomic E-state index is 12.7. The molecule has 1 aliphatic heterocycles. The van der Waals surface area contributed by atoms with Crippen LogP contribution in [0.2, 0.25) is 10.0 Å². The van der Waals surface area contributed by atoms with Crippen LogP contribution in [-0.2, 0) is 15.8 Å². The average Bonchev–Trinajstić information content (AvgIpc) is 2.60. The van der Waals surface area contributed by atoms with Gasteiger partial charge in [-0.25, -0.2) is 9.69 Å². The molecule has 0 spiro atoms. The molecular weight excluding hydrogens is 422 g/mol. The van der Waals surface area contributed by atoms with E-state index in [0.717, 1.165) is 6.08 Å². The summed E-state index contributed by atoms with van der Waals surface area (Å²) in [7, 11) is 0. The molecule has 0 unspecified atom stereocenters. The summed E-state index contributed by atoms with van der Waals surface area (Å²) in [6.07, 6.45) is -3.22. The monoisotopic (exact) mass is 429 g/mol. The average molecular weight is 430 g/mol. The van der Waals surface area contributed by atoms with Gasteiger partial charge in [-0.05, 0) is 36.4 Å². The standard InChI is InChI=1S/C17H8Cl2F3N3O3/c18-9-1-3-10(4-2-9)25-15(27)11(14(26)24-16(25)28)6-13-12(19)5-8(7-23-13)17(20,21)22/h1-7H,(H,24,26,28)/b11-6+. The fraction of sp³-hybridized carbons (Fsp3) is 0.0588. The van der Waals surface area contributed by atoms with Gasteiger partial charge in [0, 0.05) is 11.2 Å². The molecule has 6 nitrogen and oxygen atoms in total. The fourth-order valence-corrected chi connectivity index (χ4v) is 2.68. The number of anilines is 1. The highest BCUT2D eigenvalue weighted by Gasteiger charge is 2.37. The van der Waals surface area contributed by atoms with Crippen molar-refractivity contribution in [3.63, 3.8) is 0 Å². The quantitative estimate of drug-likeness (QED) is 0.576. The van der Waals surface area contributed by atoms with Crippen LogP contribution in [0, 0.1) is 0 Å². The molecule has 0 radical (unpaired) electrons. The van der Waals surface area contributed by atoms with Crippen molar-refractivity contribution in [3.8, 4) is 0 Å². The zero-order valence-corrected chi connectivity index (χ0v) is 15.1. The first kappa shape index (κ1) is 19.8. The zero-order valence-electron chi connectivity index (χ0n) is 13.6. The highest BCUT2D eigenvalue weighted by atomic mass is 35.5. The molecule has 3 rings (SSSR count). The number of hydrogen-bond donors (Lipinski definition) is 1. The Hall–Kier alpha value is -2.91. The first-order valence-corrected chi connectivity index (χ1v) is 8.23. The summed E-state index contributed by atoms with van der Waals surface area (Å²) in [6.45, 7) is 0. The minimum atomic E-state index is -4.65. The van der Waals surface area contributed by atoms with E-state index in [1.165, 1.54) is 24.3 Å². The third-order valence-electron chi connectivity index (χ3n) is 3.66. The lowest BCUT2D eigenvalue weighted by atomic mass is 10.1. The van der Waals surface area contributed by atoms with Gasteiger partial charge >= 0.3 is 12.2 Å². The number of aromatic nitrogens is 1. The van der Waals surface area contributed by atoms with Crippen molar-refractivity contribution in [2.75, 3.05) is 4.90 Å². The van der Waals surface area contributed by atoms with Crippen molar-refractivity contribution >= 4 is 52.8 Å². The van der Waals surface area contributed by atoms with Crippen molar-refractivity contribution in [1.29, 1.82) is 0 Å². The van der Waals surface area contributed by atoms with Crippen LogP contribution in [0.3, 0.4) is 0 Å². The van der Waals surface area contributed by atoms with Crippen molar-refractivity contribution < 1.29 is 27.6 Å². The predicted molar refractivity (Wildman–Crippen MR) is 94.7 cm³/mol. The van der Waals surface area contributed by atoms with E-state index in [0.29, 0.717) is 22.2 Å². The summed E-state index contributed by atoms with van der Waals surface area (Å²) in [5.74, 6) is -2.02. The van der Waals surface area contributed by atoms with Crippen LogP contribution in [-0.4, -0.2) is 22.8 Å². The van der Waals surface area contributed by atoms with Gasteiger partial charge in [-0.3, -0.25) is 19.9 Å². The summed E-state index contributed by atoms with van der Waals surface area (Å²) < 4.78 is 38.1. The van der Waals surface area contributed by atoms with E-state index in [-0.39, 0.29) is 11.4 Å². The van der Waals surface area contributed by atoms with Gasteiger partial charge in [0.05, 0.1) is 22.0 Å². The van der Waals surface area contributed by atoms with E-state index < -0.39 is 40.2 Å². The zero-order chi connectivity index (χ0) is 20.6. The largest absolute Gasteiger partial charge is 0.417 e. The van der Waals surface area contributed by atoms with E-state index in [1.54, 1.807) is 0 Å². The Bertz CT molecular complexity index is 1020. The molecule has 1 N–H and O–H groups in total. The summed E-state index contributed by atoms with van der Waals surface area (Å²) in [6, 6.07) is 5.28. The SMILES string of the molecule is O=C1NC(=O)N(c2ccc(Cl)cc2)C(=O)/C1=C/c1ncc(C(F)(F)F)cc1Cl. The maximum Gasteiger partial charge on any atom is 0.417 e. The molecule has 1 fully saturated rings. The second-order valence-corrected chi connectivity index (χ2v) is 6.37. The van der Waals surface area contributed by atoms with Crippen LogP contribution in [0.1, 0.15) is 11.3 Å². The van der Waals surface area contributed by atoms with E-state index in [2.05, 4.69) is 4.98 Å². The molecule has 144 valence electrons. The number of nitrogens with zero attached hydrogens (tertiary/aromatic N) is 2. The van der Waals surface area contributed by atoms with Crippen molar-refractivity contribution in [3.05, 3.63) is 63.4 Å². The van der Waals surface area contributed by atoms with Crippen LogP contribution in [0.15, 0.2) is 42.1 Å². The van der Waals surface area contributed by atoms with Crippen LogP contribution in [0.5, 0.6) is 0 Å². The van der Waals surface area contributed by atoms with Crippen molar-refractivity contribution in [2.45, 2.75) is 6.18 Å². The van der Waals surface area contributed by atoms with Crippen LogP contribution in [0.25, 0.3) is 6.08 Å². The van der Waals surface area contributed by atoms with Crippen molar-refractivity contribution in [1.82, 2.24) is 10.3 Å². The van der Waals surface area contributed by atoms with E-state index in [9.17, 15) is 27.6 Å². The molecule has 11 heteroatoms. The molecule has 4 amide bonds. The second-order valence-electron chi connectivity index (χ2n) is 5.52. The molecule has 1 aromatic heterocycles. The van der Waals surface area contributed by atoms with Gasteiger partial charge in [0.15, 0.2) is 0 Å². The molecular formula is C17H8Cl2F3N3O3. The molecule has 0 bridgehead atoms. The number of halogens is 5. The van der Waals surface area contributed by atoms with Gasteiger partial charge in [-0.1, -0.05) is 23.2 Å². The van der Waals surface area contributed by atoms with Gasteiger partial charge in [0.2, 0.25) is 0 Å². The van der Waals surface area contributed by atoms with Gasteiger partial charge in [0.1, 0.15) is 5.57 Å². The summed E-state index contributed by atoms with van der Waals surface area (Å²) in [5, 5.41) is 1.92. The minimum Gasteiger partial charge on any atom is -0.273 e. The minimum absolute atomic E-state index is 0.136. The smallest absolute Gasteiger partial charge is 0.273 e. The first-order valence-electron chi connectivity index (χ1n) is 7.47. The van der Waals surface area contributed by atoms with E-state index in [4.69, 9.17) is 23.2 Å². The number of nitrogens with one attached hydrogen (secondary N) is 1. The predicted octanol–water partition coefficient (Wildman–Crippen LogP) is 4.07. The van der Waals surface area contributed by atoms with Crippen molar-refractivity contribution in [2.24, 2.45) is 0 Å². The van der Waals surface area contributed by atoms with Crippen LogP contribution >= 0.6 is 23.2 Å². The Balaban J connectivity index is 2.01. The number of imide groups is 2. The molecule has 2 aromatic rings. The summed E-state index contributed by atoms with van der Waals surface area (Å²) >= 11 is 11.6. The number of urea groups is 1. The third-order valence-corrected chi connectivity index (χ3v) is 4.22. The number of alkyl halides is 3. The summed E-state index contributed by atoms with van der Waals surface area (Å²) in [5.41, 5.74) is -1.71. The van der Waals surface area contributed by atoms with Crippen LogP contribution in [0.4, 0.5) is 23.7 Å². The topological polar surface area (TPSA) is 79.4 Å². The lowest BCUT2D eigenvalue weighted by molar-refractivity contribution is -0.137. The lowest BCUT2D eigenvalue weighted by Crippen LogP contribution is -2.54. The van der Waals surface area contributed by atoms with E-state index >= 15 is 0 Å². The Kier molecular flexibility index (Phi) is 5.14. The van der Waals surface area contributed by atoms with Crippen LogP contribution < -0.4 is 10.2 Å². The molecule has 0 saturated carbocycles. The first-order chi connectivity index (χ1) is 13.1.